The van der Waals surface area contributed by atoms with Gasteiger partial charge in [-0.2, -0.15) is 0 Å². The fourth-order valence-electron chi connectivity index (χ4n) is 4.00. The first-order valence-electron chi connectivity index (χ1n) is 9.63. The maximum absolute atomic E-state index is 13.4. The quantitative estimate of drug-likeness (QED) is 0.630. The van der Waals surface area contributed by atoms with Crippen LogP contribution in [-0.2, 0) is 11.3 Å². The molecule has 2 atom stereocenters. The molecule has 6 heteroatoms. The van der Waals surface area contributed by atoms with Gasteiger partial charge in [0.25, 0.3) is 0 Å². The first-order valence-corrected chi connectivity index (χ1v) is 10.4. The number of hydrogen-bond donors (Lipinski definition) is 0. The number of para-hydroxylation sites is 1. The third-order valence-corrected chi connectivity index (χ3v) is 6.57. The highest BCUT2D eigenvalue weighted by Crippen LogP contribution is 2.37. The molecule has 146 valence electrons. The molecule has 1 fully saturated rings. The molecule has 0 spiro atoms. The minimum Gasteiger partial charge on any atom is -0.340 e. The molecule has 0 saturated carbocycles. The van der Waals surface area contributed by atoms with Crippen molar-refractivity contribution in [3.63, 3.8) is 0 Å². The van der Waals surface area contributed by atoms with E-state index < -0.39 is 0 Å². The maximum atomic E-state index is 13.4. The maximum Gasteiger partial charge on any atom is 0.239 e. The molecule has 3 aromatic rings. The van der Waals surface area contributed by atoms with E-state index in [0.29, 0.717) is 6.54 Å². The van der Waals surface area contributed by atoms with Crippen LogP contribution < -0.4 is 0 Å². The molecular formula is C22H24FN3OS. The van der Waals surface area contributed by atoms with Crippen molar-refractivity contribution in [2.45, 2.75) is 38.4 Å². The molecule has 1 aliphatic rings. The SMILES string of the molecule is CC(C(=O)N(C)Cc1cccc(F)c1)N1CCCC1c1nc2ccccc2s1. The van der Waals surface area contributed by atoms with Crippen molar-refractivity contribution in [1.82, 2.24) is 14.8 Å². The van der Waals surface area contributed by atoms with Crippen molar-refractivity contribution >= 4 is 27.5 Å². The Morgan fingerprint density at radius 2 is 2.14 bits per heavy atom. The summed E-state index contributed by atoms with van der Waals surface area (Å²) >= 11 is 1.72. The molecule has 1 amide bonds. The molecule has 1 aliphatic heterocycles. The Hall–Kier alpha value is -2.31. The van der Waals surface area contributed by atoms with Crippen LogP contribution in [0.5, 0.6) is 0 Å². The van der Waals surface area contributed by atoms with Crippen LogP contribution in [-0.4, -0.2) is 40.3 Å². The average molecular weight is 398 g/mol. The lowest BCUT2D eigenvalue weighted by Crippen LogP contribution is -2.45. The number of carbonyl (C=O) groups is 1. The molecule has 0 radical (unpaired) electrons. The van der Waals surface area contributed by atoms with Gasteiger partial charge in [-0.3, -0.25) is 9.69 Å². The number of carbonyl (C=O) groups excluding carboxylic acids is 1. The predicted molar refractivity (Wildman–Crippen MR) is 111 cm³/mol. The zero-order valence-corrected chi connectivity index (χ0v) is 17.0. The molecule has 2 unspecified atom stereocenters. The number of rotatable bonds is 5. The fourth-order valence-corrected chi connectivity index (χ4v) is 5.12. The van der Waals surface area contributed by atoms with Crippen molar-refractivity contribution in [2.75, 3.05) is 13.6 Å². The normalized spacial score (nSPS) is 18.5. The Kier molecular flexibility index (Phi) is 5.42. The van der Waals surface area contributed by atoms with E-state index in [-0.39, 0.29) is 23.8 Å². The first kappa shape index (κ1) is 19.0. The van der Waals surface area contributed by atoms with Crippen LogP contribution in [0.15, 0.2) is 48.5 Å². The number of halogens is 1. The number of likely N-dealkylation sites (tertiary alicyclic amines) is 1. The summed E-state index contributed by atoms with van der Waals surface area (Å²) in [6.45, 7) is 3.26. The lowest BCUT2D eigenvalue weighted by molar-refractivity contribution is -0.136. The van der Waals surface area contributed by atoms with Gasteiger partial charge in [0.15, 0.2) is 0 Å². The third-order valence-electron chi connectivity index (χ3n) is 5.43. The second-order valence-corrected chi connectivity index (χ2v) is 8.48. The zero-order chi connectivity index (χ0) is 19.7. The zero-order valence-electron chi connectivity index (χ0n) is 16.1. The summed E-state index contributed by atoms with van der Waals surface area (Å²) < 4.78 is 14.6. The second-order valence-electron chi connectivity index (χ2n) is 7.42. The number of thiazole rings is 1. The summed E-state index contributed by atoms with van der Waals surface area (Å²) in [5.74, 6) is -0.223. The number of hydrogen-bond acceptors (Lipinski definition) is 4. The van der Waals surface area contributed by atoms with Gasteiger partial charge in [0, 0.05) is 13.6 Å². The highest BCUT2D eigenvalue weighted by atomic mass is 32.1. The molecule has 4 rings (SSSR count). The van der Waals surface area contributed by atoms with Crippen LogP contribution in [0.4, 0.5) is 4.39 Å². The van der Waals surface area contributed by atoms with Gasteiger partial charge in [0.1, 0.15) is 10.8 Å². The molecule has 1 aromatic heterocycles. The lowest BCUT2D eigenvalue weighted by atomic mass is 10.1. The average Bonchev–Trinajstić information content (AvgIpc) is 3.33. The predicted octanol–water partition coefficient (Wildman–Crippen LogP) is 4.62. The Labute approximate surface area is 168 Å². The van der Waals surface area contributed by atoms with Gasteiger partial charge < -0.3 is 4.90 Å². The van der Waals surface area contributed by atoms with Crippen LogP contribution in [0.2, 0.25) is 0 Å². The number of likely N-dealkylation sites (N-methyl/N-ethyl adjacent to an activating group) is 1. The van der Waals surface area contributed by atoms with Crippen LogP contribution in [0.3, 0.4) is 0 Å². The summed E-state index contributed by atoms with van der Waals surface area (Å²) in [6.07, 6.45) is 2.08. The number of fused-ring (bicyclic) bond motifs is 1. The van der Waals surface area contributed by atoms with E-state index in [1.807, 2.05) is 31.2 Å². The third kappa shape index (κ3) is 3.80. The largest absolute Gasteiger partial charge is 0.340 e. The van der Waals surface area contributed by atoms with Gasteiger partial charge in [-0.15, -0.1) is 11.3 Å². The molecule has 0 bridgehead atoms. The van der Waals surface area contributed by atoms with Crippen LogP contribution in [0, 0.1) is 5.82 Å². The molecule has 2 heterocycles. The molecule has 28 heavy (non-hydrogen) atoms. The lowest BCUT2D eigenvalue weighted by Gasteiger charge is -2.31. The molecule has 0 aliphatic carbocycles. The monoisotopic (exact) mass is 397 g/mol. The number of amides is 1. The van der Waals surface area contributed by atoms with Gasteiger partial charge in [-0.05, 0) is 56.1 Å². The van der Waals surface area contributed by atoms with Crippen molar-refractivity contribution in [2.24, 2.45) is 0 Å². The van der Waals surface area contributed by atoms with Gasteiger partial charge >= 0.3 is 0 Å². The van der Waals surface area contributed by atoms with E-state index in [0.717, 1.165) is 35.5 Å². The minimum absolute atomic E-state index is 0.0530. The van der Waals surface area contributed by atoms with Crippen LogP contribution in [0.1, 0.15) is 36.4 Å². The summed E-state index contributed by atoms with van der Waals surface area (Å²) in [4.78, 5) is 21.8. The van der Waals surface area contributed by atoms with Gasteiger partial charge in [0.05, 0.1) is 22.3 Å². The van der Waals surface area contributed by atoms with E-state index in [1.165, 1.54) is 16.8 Å². The van der Waals surface area contributed by atoms with Crippen LogP contribution in [0.25, 0.3) is 10.2 Å². The summed E-state index contributed by atoms with van der Waals surface area (Å²) in [5, 5.41) is 1.09. The van der Waals surface area contributed by atoms with E-state index in [2.05, 4.69) is 11.0 Å². The Morgan fingerprint density at radius 3 is 2.93 bits per heavy atom. The Bertz CT molecular complexity index is 956. The standard InChI is InChI=1S/C22H24FN3OS/c1-15(22(27)25(2)14-16-7-5-8-17(23)13-16)26-12-6-10-19(26)21-24-18-9-3-4-11-20(18)28-21/h3-5,7-9,11,13,15,19H,6,10,12,14H2,1-2H3. The van der Waals surface area contributed by atoms with Gasteiger partial charge in [-0.1, -0.05) is 24.3 Å². The number of nitrogens with zero attached hydrogens (tertiary/aromatic N) is 3. The van der Waals surface area contributed by atoms with Crippen molar-refractivity contribution in [3.05, 3.63) is 64.9 Å². The first-order chi connectivity index (χ1) is 13.5. The topological polar surface area (TPSA) is 36.4 Å². The smallest absolute Gasteiger partial charge is 0.239 e. The number of aromatic nitrogens is 1. The second kappa shape index (κ2) is 7.97. The Balaban J connectivity index is 1.49. The highest BCUT2D eigenvalue weighted by molar-refractivity contribution is 7.18. The van der Waals surface area contributed by atoms with E-state index in [4.69, 9.17) is 4.98 Å². The molecule has 2 aromatic carbocycles. The fraction of sp³-hybridized carbons (Fsp3) is 0.364. The van der Waals surface area contributed by atoms with Crippen LogP contribution >= 0.6 is 11.3 Å². The molecular weight excluding hydrogens is 373 g/mol. The highest BCUT2D eigenvalue weighted by Gasteiger charge is 2.35. The van der Waals surface area contributed by atoms with Crippen molar-refractivity contribution < 1.29 is 9.18 Å². The molecule has 1 saturated heterocycles. The summed E-state index contributed by atoms with van der Waals surface area (Å²) in [5.41, 5.74) is 1.82. The number of benzene rings is 2. The Morgan fingerprint density at radius 1 is 1.32 bits per heavy atom. The summed E-state index contributed by atoms with van der Waals surface area (Å²) in [6, 6.07) is 14.5. The van der Waals surface area contributed by atoms with E-state index in [9.17, 15) is 9.18 Å². The van der Waals surface area contributed by atoms with Gasteiger partial charge in [0.2, 0.25) is 5.91 Å². The van der Waals surface area contributed by atoms with Crippen molar-refractivity contribution in [3.8, 4) is 0 Å². The summed E-state index contributed by atoms with van der Waals surface area (Å²) in [7, 11) is 1.78. The minimum atomic E-state index is -0.276. The van der Waals surface area contributed by atoms with Crippen molar-refractivity contribution in [1.29, 1.82) is 0 Å². The van der Waals surface area contributed by atoms with E-state index >= 15 is 0 Å². The van der Waals surface area contributed by atoms with Gasteiger partial charge in [-0.25, -0.2) is 9.37 Å². The van der Waals surface area contributed by atoms with E-state index in [1.54, 1.807) is 29.4 Å². The molecule has 0 N–H and O–H groups in total. The molecule has 4 nitrogen and oxygen atoms in total.